The average molecular weight is 221 g/mol. The lowest BCUT2D eigenvalue weighted by molar-refractivity contribution is 0.461. The van der Waals surface area contributed by atoms with Crippen molar-refractivity contribution < 1.29 is 4.74 Å². The van der Waals surface area contributed by atoms with Gasteiger partial charge in [-0.25, -0.2) is 9.97 Å². The normalized spacial score (nSPS) is 10.0. The number of nitrogens with zero attached hydrogens (tertiary/aromatic N) is 2. The van der Waals surface area contributed by atoms with E-state index in [1.54, 1.807) is 30.3 Å². The summed E-state index contributed by atoms with van der Waals surface area (Å²) in [6, 6.07) is 8.89. The average Bonchev–Trinajstić information content (AvgIpc) is 2.22. The van der Waals surface area contributed by atoms with Crippen molar-refractivity contribution in [3.05, 3.63) is 47.4 Å². The van der Waals surface area contributed by atoms with E-state index in [2.05, 4.69) is 9.97 Å². The van der Waals surface area contributed by atoms with Crippen LogP contribution in [0.2, 0.25) is 5.02 Å². The maximum atomic E-state index is 5.76. The summed E-state index contributed by atoms with van der Waals surface area (Å²) in [5, 5.41) is 0.682. The van der Waals surface area contributed by atoms with E-state index in [4.69, 9.17) is 16.3 Å². The summed E-state index contributed by atoms with van der Waals surface area (Å²) >= 11 is 5.76. The second-order valence-corrected chi connectivity index (χ2v) is 3.49. The van der Waals surface area contributed by atoms with Gasteiger partial charge in [-0.3, -0.25) is 0 Å². The molecule has 1 aromatic carbocycles. The van der Waals surface area contributed by atoms with Crippen molar-refractivity contribution in [3.8, 4) is 11.6 Å². The first-order chi connectivity index (χ1) is 7.24. The number of halogens is 1. The number of hydrogen-bond acceptors (Lipinski definition) is 3. The Morgan fingerprint density at radius 3 is 2.53 bits per heavy atom. The van der Waals surface area contributed by atoms with Crippen LogP contribution in [0.1, 0.15) is 5.69 Å². The first-order valence-electron chi connectivity index (χ1n) is 4.46. The van der Waals surface area contributed by atoms with E-state index in [0.717, 1.165) is 5.69 Å². The van der Waals surface area contributed by atoms with Crippen LogP contribution in [-0.2, 0) is 0 Å². The van der Waals surface area contributed by atoms with Gasteiger partial charge in [-0.05, 0) is 31.2 Å². The number of ether oxygens (including phenoxy) is 1. The quantitative estimate of drug-likeness (QED) is 0.780. The molecule has 0 amide bonds. The standard InChI is InChI=1S/C11H9ClN2O/c1-8-6-11(14-7-13-8)15-10-4-2-9(12)3-5-10/h2-7H,1H3. The molecule has 0 aliphatic heterocycles. The van der Waals surface area contributed by atoms with Gasteiger partial charge in [0.25, 0.3) is 0 Å². The zero-order valence-electron chi connectivity index (χ0n) is 8.14. The highest BCUT2D eigenvalue weighted by molar-refractivity contribution is 6.30. The molecule has 0 radical (unpaired) electrons. The number of rotatable bonds is 2. The highest BCUT2D eigenvalue weighted by Crippen LogP contribution is 2.21. The highest BCUT2D eigenvalue weighted by Gasteiger charge is 1.98. The number of benzene rings is 1. The van der Waals surface area contributed by atoms with Crippen molar-refractivity contribution in [2.45, 2.75) is 6.92 Å². The van der Waals surface area contributed by atoms with Gasteiger partial charge in [0.15, 0.2) is 0 Å². The molecule has 0 spiro atoms. The van der Waals surface area contributed by atoms with Crippen LogP contribution in [-0.4, -0.2) is 9.97 Å². The molecule has 0 bridgehead atoms. The van der Waals surface area contributed by atoms with E-state index >= 15 is 0 Å². The zero-order valence-corrected chi connectivity index (χ0v) is 8.90. The summed E-state index contributed by atoms with van der Waals surface area (Å²) < 4.78 is 5.50. The molecular weight excluding hydrogens is 212 g/mol. The fourth-order valence-electron chi connectivity index (χ4n) is 1.11. The SMILES string of the molecule is Cc1cc(Oc2ccc(Cl)cc2)ncn1. The van der Waals surface area contributed by atoms with Gasteiger partial charge in [-0.1, -0.05) is 11.6 Å². The van der Waals surface area contributed by atoms with Crippen molar-refractivity contribution in [2.24, 2.45) is 0 Å². The lowest BCUT2D eigenvalue weighted by Crippen LogP contribution is -1.90. The van der Waals surface area contributed by atoms with Crippen LogP contribution in [0, 0.1) is 6.92 Å². The van der Waals surface area contributed by atoms with Crippen molar-refractivity contribution in [1.82, 2.24) is 9.97 Å². The van der Waals surface area contributed by atoms with E-state index in [1.807, 2.05) is 6.92 Å². The minimum Gasteiger partial charge on any atom is -0.439 e. The second kappa shape index (κ2) is 4.28. The molecule has 0 aliphatic rings. The molecule has 0 unspecified atom stereocenters. The van der Waals surface area contributed by atoms with E-state index in [0.29, 0.717) is 16.7 Å². The molecule has 0 aliphatic carbocycles. The van der Waals surface area contributed by atoms with Crippen LogP contribution in [0.5, 0.6) is 11.6 Å². The molecule has 3 nitrogen and oxygen atoms in total. The molecule has 4 heteroatoms. The summed E-state index contributed by atoms with van der Waals surface area (Å²) in [4.78, 5) is 7.97. The molecule has 0 fully saturated rings. The van der Waals surface area contributed by atoms with Gasteiger partial charge in [-0.15, -0.1) is 0 Å². The predicted octanol–water partition coefficient (Wildman–Crippen LogP) is 3.23. The van der Waals surface area contributed by atoms with Crippen molar-refractivity contribution in [1.29, 1.82) is 0 Å². The van der Waals surface area contributed by atoms with Crippen LogP contribution in [0.15, 0.2) is 36.7 Å². The topological polar surface area (TPSA) is 35.0 Å². The molecule has 15 heavy (non-hydrogen) atoms. The highest BCUT2D eigenvalue weighted by atomic mass is 35.5. The van der Waals surface area contributed by atoms with Crippen molar-refractivity contribution in [3.63, 3.8) is 0 Å². The van der Waals surface area contributed by atoms with Crippen LogP contribution < -0.4 is 4.74 Å². The molecule has 0 saturated carbocycles. The maximum Gasteiger partial charge on any atom is 0.222 e. The minimum atomic E-state index is 0.532. The lowest BCUT2D eigenvalue weighted by atomic mass is 10.3. The molecule has 1 heterocycles. The second-order valence-electron chi connectivity index (χ2n) is 3.05. The molecule has 2 rings (SSSR count). The molecule has 76 valence electrons. The first kappa shape index (κ1) is 9.93. The van der Waals surface area contributed by atoms with E-state index in [9.17, 15) is 0 Å². The van der Waals surface area contributed by atoms with Crippen LogP contribution >= 0.6 is 11.6 Å². The molecule has 0 N–H and O–H groups in total. The van der Waals surface area contributed by atoms with Gasteiger partial charge in [-0.2, -0.15) is 0 Å². The Balaban J connectivity index is 2.18. The Labute approximate surface area is 92.7 Å². The van der Waals surface area contributed by atoms with Crippen LogP contribution in [0.3, 0.4) is 0 Å². The largest absolute Gasteiger partial charge is 0.439 e. The summed E-state index contributed by atoms with van der Waals surface area (Å²) in [5.74, 6) is 1.24. The van der Waals surface area contributed by atoms with Gasteiger partial charge in [0.2, 0.25) is 5.88 Å². The number of hydrogen-bond donors (Lipinski definition) is 0. The Hall–Kier alpha value is -1.61. The number of aromatic nitrogens is 2. The van der Waals surface area contributed by atoms with Gasteiger partial charge >= 0.3 is 0 Å². The predicted molar refractivity (Wildman–Crippen MR) is 58.3 cm³/mol. The molecule has 0 atom stereocenters. The van der Waals surface area contributed by atoms with E-state index in [1.165, 1.54) is 6.33 Å². The first-order valence-corrected chi connectivity index (χ1v) is 4.84. The van der Waals surface area contributed by atoms with Gasteiger partial charge in [0.05, 0.1) is 0 Å². The third kappa shape index (κ3) is 2.67. The van der Waals surface area contributed by atoms with Crippen molar-refractivity contribution >= 4 is 11.6 Å². The zero-order chi connectivity index (χ0) is 10.7. The summed E-state index contributed by atoms with van der Waals surface area (Å²) in [7, 11) is 0. The summed E-state index contributed by atoms with van der Waals surface area (Å²) in [6.45, 7) is 1.89. The lowest BCUT2D eigenvalue weighted by Gasteiger charge is -2.04. The third-order valence-electron chi connectivity index (χ3n) is 1.81. The van der Waals surface area contributed by atoms with Crippen LogP contribution in [0.4, 0.5) is 0 Å². The fraction of sp³-hybridized carbons (Fsp3) is 0.0909. The monoisotopic (exact) mass is 220 g/mol. The minimum absolute atomic E-state index is 0.532. The van der Waals surface area contributed by atoms with Crippen LogP contribution in [0.25, 0.3) is 0 Å². The van der Waals surface area contributed by atoms with Gasteiger partial charge in [0, 0.05) is 16.8 Å². The molecule has 0 saturated heterocycles. The molecule has 2 aromatic rings. The summed E-state index contributed by atoms with van der Waals surface area (Å²) in [5.41, 5.74) is 0.869. The third-order valence-corrected chi connectivity index (χ3v) is 2.07. The Bertz CT molecular complexity index is 456. The van der Waals surface area contributed by atoms with Crippen molar-refractivity contribution in [2.75, 3.05) is 0 Å². The Morgan fingerprint density at radius 2 is 1.87 bits per heavy atom. The van der Waals surface area contributed by atoms with E-state index in [-0.39, 0.29) is 0 Å². The molecule has 1 aromatic heterocycles. The fourth-order valence-corrected chi connectivity index (χ4v) is 1.24. The van der Waals surface area contributed by atoms with Gasteiger partial charge in [0.1, 0.15) is 12.1 Å². The Kier molecular flexibility index (Phi) is 2.83. The number of aryl methyl sites for hydroxylation is 1. The summed E-state index contributed by atoms with van der Waals surface area (Å²) in [6.07, 6.45) is 1.47. The van der Waals surface area contributed by atoms with E-state index < -0.39 is 0 Å². The smallest absolute Gasteiger partial charge is 0.222 e. The molecular formula is C11H9ClN2O. The Morgan fingerprint density at radius 1 is 1.13 bits per heavy atom. The van der Waals surface area contributed by atoms with Gasteiger partial charge < -0.3 is 4.74 Å². The maximum absolute atomic E-state index is 5.76.